The molecule has 0 spiro atoms. The average Bonchev–Trinajstić information content (AvgIpc) is 2.54. The summed E-state index contributed by atoms with van der Waals surface area (Å²) in [5.74, 6) is 1.16. The van der Waals surface area contributed by atoms with Crippen molar-refractivity contribution in [1.29, 1.82) is 0 Å². The van der Waals surface area contributed by atoms with Crippen LogP contribution in [-0.4, -0.2) is 44.1 Å². The van der Waals surface area contributed by atoms with Crippen LogP contribution in [0.2, 0.25) is 0 Å². The predicted octanol–water partition coefficient (Wildman–Crippen LogP) is 2.78. The lowest BCUT2D eigenvalue weighted by molar-refractivity contribution is -0.140. The first kappa shape index (κ1) is 15.7. The van der Waals surface area contributed by atoms with Crippen LogP contribution >= 0.6 is 0 Å². The van der Waals surface area contributed by atoms with Gasteiger partial charge in [0.1, 0.15) is 5.75 Å². The fourth-order valence-corrected chi connectivity index (χ4v) is 2.62. The summed E-state index contributed by atoms with van der Waals surface area (Å²) in [6, 6.07) is 8.06. The summed E-state index contributed by atoms with van der Waals surface area (Å²) in [5, 5.41) is 0. The van der Waals surface area contributed by atoms with Gasteiger partial charge in [-0.25, -0.2) is 0 Å². The number of rotatable bonds is 4. The number of ether oxygens (including phenoxy) is 1. The van der Waals surface area contributed by atoms with E-state index in [1.165, 1.54) is 0 Å². The summed E-state index contributed by atoms with van der Waals surface area (Å²) in [4.78, 5) is 16.8. The Bertz CT molecular complexity index is 491. The highest BCUT2D eigenvalue weighted by Gasteiger charge is 2.32. The van der Waals surface area contributed by atoms with E-state index in [4.69, 9.17) is 4.74 Å². The number of methoxy groups -OCH3 is 1. The van der Waals surface area contributed by atoms with Crippen molar-refractivity contribution in [2.45, 2.75) is 27.2 Å². The minimum absolute atomic E-state index is 0.257. The number of piperazine rings is 1. The molecule has 1 saturated heterocycles. The van der Waals surface area contributed by atoms with Gasteiger partial charge in [0.15, 0.2) is 0 Å². The molecule has 0 radical (unpaired) electrons. The second-order valence-corrected chi connectivity index (χ2v) is 6.19. The second kappa shape index (κ2) is 6.37. The van der Waals surface area contributed by atoms with Gasteiger partial charge in [-0.3, -0.25) is 4.79 Å². The van der Waals surface area contributed by atoms with Crippen LogP contribution in [0.3, 0.4) is 0 Å². The maximum atomic E-state index is 12.5. The van der Waals surface area contributed by atoms with Crippen molar-refractivity contribution >= 4 is 11.6 Å². The Hall–Kier alpha value is -1.71. The predicted molar refractivity (Wildman–Crippen MR) is 85.9 cm³/mol. The SMILES string of the molecule is CCC(C)(C)C(=O)N1CCN(c2ccccc2OC)CC1. The Morgan fingerprint density at radius 1 is 1.19 bits per heavy atom. The third kappa shape index (κ3) is 3.31. The van der Waals surface area contributed by atoms with Gasteiger partial charge >= 0.3 is 0 Å². The largest absolute Gasteiger partial charge is 0.495 e. The molecule has 1 heterocycles. The molecule has 1 amide bonds. The molecule has 0 saturated carbocycles. The van der Waals surface area contributed by atoms with Crippen LogP contribution in [-0.2, 0) is 4.79 Å². The summed E-state index contributed by atoms with van der Waals surface area (Å²) in [5.41, 5.74) is 0.855. The standard InChI is InChI=1S/C17H26N2O2/c1-5-17(2,3)16(20)19-12-10-18(11-13-19)14-8-6-7-9-15(14)21-4/h6-9H,5,10-13H2,1-4H3. The third-order valence-electron chi connectivity index (χ3n) is 4.46. The van der Waals surface area contributed by atoms with Crippen molar-refractivity contribution in [3.05, 3.63) is 24.3 Å². The lowest BCUT2D eigenvalue weighted by Crippen LogP contribution is -2.52. The molecule has 0 aromatic heterocycles. The number of amides is 1. The smallest absolute Gasteiger partial charge is 0.228 e. The molecule has 0 atom stereocenters. The molecule has 1 aliphatic heterocycles. The van der Waals surface area contributed by atoms with Gasteiger partial charge in [0.05, 0.1) is 12.8 Å². The monoisotopic (exact) mass is 290 g/mol. The quantitative estimate of drug-likeness (QED) is 0.855. The fraction of sp³-hybridized carbons (Fsp3) is 0.588. The molecular weight excluding hydrogens is 264 g/mol. The van der Waals surface area contributed by atoms with Crippen LogP contribution < -0.4 is 9.64 Å². The minimum atomic E-state index is -0.257. The van der Waals surface area contributed by atoms with Crippen molar-refractivity contribution < 1.29 is 9.53 Å². The number of carbonyl (C=O) groups is 1. The van der Waals surface area contributed by atoms with Gasteiger partial charge < -0.3 is 14.5 Å². The molecule has 1 fully saturated rings. The maximum Gasteiger partial charge on any atom is 0.228 e. The lowest BCUT2D eigenvalue weighted by Gasteiger charge is -2.39. The van der Waals surface area contributed by atoms with E-state index in [0.717, 1.165) is 44.0 Å². The highest BCUT2D eigenvalue weighted by atomic mass is 16.5. The minimum Gasteiger partial charge on any atom is -0.495 e. The fourth-order valence-electron chi connectivity index (χ4n) is 2.62. The molecule has 21 heavy (non-hydrogen) atoms. The molecule has 0 aliphatic carbocycles. The number of hydrogen-bond acceptors (Lipinski definition) is 3. The van der Waals surface area contributed by atoms with Gasteiger partial charge in [0, 0.05) is 31.6 Å². The molecule has 1 aromatic rings. The molecule has 4 heteroatoms. The van der Waals surface area contributed by atoms with Crippen LogP contribution in [0.4, 0.5) is 5.69 Å². The summed E-state index contributed by atoms with van der Waals surface area (Å²) in [6.07, 6.45) is 0.874. The number of para-hydroxylation sites is 2. The summed E-state index contributed by atoms with van der Waals surface area (Å²) in [7, 11) is 1.70. The highest BCUT2D eigenvalue weighted by molar-refractivity contribution is 5.82. The van der Waals surface area contributed by atoms with Crippen molar-refractivity contribution in [1.82, 2.24) is 4.90 Å². The first-order valence-electron chi connectivity index (χ1n) is 7.67. The van der Waals surface area contributed by atoms with E-state index in [9.17, 15) is 4.79 Å². The number of benzene rings is 1. The molecule has 0 unspecified atom stereocenters. The third-order valence-corrected chi connectivity index (χ3v) is 4.46. The Balaban J connectivity index is 2.02. The van der Waals surface area contributed by atoms with Gasteiger partial charge in [-0.1, -0.05) is 32.9 Å². The summed E-state index contributed by atoms with van der Waals surface area (Å²) in [6.45, 7) is 9.39. The zero-order valence-electron chi connectivity index (χ0n) is 13.6. The van der Waals surface area contributed by atoms with Crippen molar-refractivity contribution in [3.8, 4) is 5.75 Å². The lowest BCUT2D eigenvalue weighted by atomic mass is 9.88. The van der Waals surface area contributed by atoms with Gasteiger partial charge in [0.25, 0.3) is 0 Å². The first-order chi connectivity index (χ1) is 9.99. The van der Waals surface area contributed by atoms with Crippen molar-refractivity contribution in [2.24, 2.45) is 5.41 Å². The molecule has 4 nitrogen and oxygen atoms in total. The number of carbonyl (C=O) groups excluding carboxylic acids is 1. The van der Waals surface area contributed by atoms with E-state index in [-0.39, 0.29) is 11.3 Å². The highest BCUT2D eigenvalue weighted by Crippen LogP contribution is 2.29. The summed E-state index contributed by atoms with van der Waals surface area (Å²) < 4.78 is 5.42. The maximum absolute atomic E-state index is 12.5. The molecule has 116 valence electrons. The number of nitrogens with zero attached hydrogens (tertiary/aromatic N) is 2. The van der Waals surface area contributed by atoms with Crippen LogP contribution in [0.1, 0.15) is 27.2 Å². The molecular formula is C17H26N2O2. The van der Waals surface area contributed by atoms with Crippen molar-refractivity contribution in [3.63, 3.8) is 0 Å². The van der Waals surface area contributed by atoms with E-state index < -0.39 is 0 Å². The van der Waals surface area contributed by atoms with Crippen molar-refractivity contribution in [2.75, 3.05) is 38.2 Å². The van der Waals surface area contributed by atoms with E-state index in [0.29, 0.717) is 0 Å². The molecule has 1 aromatic carbocycles. The zero-order chi connectivity index (χ0) is 15.5. The van der Waals surface area contributed by atoms with E-state index in [2.05, 4.69) is 17.9 Å². The summed E-state index contributed by atoms with van der Waals surface area (Å²) >= 11 is 0. The Kier molecular flexibility index (Phi) is 4.76. The van der Waals surface area contributed by atoms with E-state index >= 15 is 0 Å². The van der Waals surface area contributed by atoms with E-state index in [1.54, 1.807) is 7.11 Å². The normalized spacial score (nSPS) is 16.0. The average molecular weight is 290 g/mol. The van der Waals surface area contributed by atoms with Crippen LogP contribution in [0.25, 0.3) is 0 Å². The van der Waals surface area contributed by atoms with Gasteiger partial charge in [0.2, 0.25) is 5.91 Å². The molecule has 2 rings (SSSR count). The van der Waals surface area contributed by atoms with Crippen LogP contribution in [0, 0.1) is 5.41 Å². The Labute approximate surface area is 127 Å². The second-order valence-electron chi connectivity index (χ2n) is 6.19. The van der Waals surface area contributed by atoms with Gasteiger partial charge in [-0.15, -0.1) is 0 Å². The topological polar surface area (TPSA) is 32.8 Å². The number of anilines is 1. The van der Waals surface area contributed by atoms with Gasteiger partial charge in [-0.05, 0) is 18.6 Å². The zero-order valence-corrected chi connectivity index (χ0v) is 13.6. The van der Waals surface area contributed by atoms with Crippen LogP contribution in [0.5, 0.6) is 5.75 Å². The Morgan fingerprint density at radius 2 is 1.81 bits per heavy atom. The molecule has 0 N–H and O–H groups in total. The van der Waals surface area contributed by atoms with Crippen LogP contribution in [0.15, 0.2) is 24.3 Å². The number of hydrogen-bond donors (Lipinski definition) is 0. The molecule has 1 aliphatic rings. The first-order valence-corrected chi connectivity index (χ1v) is 7.67. The van der Waals surface area contributed by atoms with Gasteiger partial charge in [-0.2, -0.15) is 0 Å². The Morgan fingerprint density at radius 3 is 2.38 bits per heavy atom. The van der Waals surface area contributed by atoms with E-state index in [1.807, 2.05) is 36.9 Å². The molecule has 0 bridgehead atoms.